The maximum Gasteiger partial charge on any atom is 0.331 e. The molecule has 0 N–H and O–H groups in total. The Kier molecular flexibility index (Phi) is 8.46. The summed E-state index contributed by atoms with van der Waals surface area (Å²) in [6, 6.07) is 5.21. The van der Waals surface area contributed by atoms with Gasteiger partial charge in [-0.15, -0.1) is 0 Å². The first kappa shape index (κ1) is 21.3. The van der Waals surface area contributed by atoms with Crippen molar-refractivity contribution in [3.63, 3.8) is 0 Å². The molecule has 0 heterocycles. The van der Waals surface area contributed by atoms with E-state index in [2.05, 4.69) is 0 Å². The molecule has 0 aliphatic carbocycles. The smallest absolute Gasteiger partial charge is 0.331 e. The van der Waals surface area contributed by atoms with E-state index in [1.54, 1.807) is 19.2 Å². The van der Waals surface area contributed by atoms with Gasteiger partial charge in [0.25, 0.3) is 5.91 Å². The van der Waals surface area contributed by atoms with Gasteiger partial charge in [0, 0.05) is 19.7 Å². The molecule has 0 radical (unpaired) electrons. The van der Waals surface area contributed by atoms with Crippen molar-refractivity contribution in [1.29, 1.82) is 5.26 Å². The number of nitriles is 1. The predicted molar refractivity (Wildman–Crippen MR) is 97.0 cm³/mol. The number of benzene rings is 1. The van der Waals surface area contributed by atoms with Crippen molar-refractivity contribution in [3.8, 4) is 17.6 Å². The molecule has 8 heteroatoms. The molecule has 1 rings (SSSR count). The Labute approximate surface area is 157 Å². The van der Waals surface area contributed by atoms with Crippen LogP contribution in [0, 0.1) is 11.3 Å². The number of carbonyl (C=O) groups excluding carboxylic acids is 2. The summed E-state index contributed by atoms with van der Waals surface area (Å²) >= 11 is 6.10. The standard InChI is InChI=1S/C18H21ClN2O5/c1-12(18(23)21(2)9-5-8-20)26-16(22)7-6-13-10-14(19)17(25-4)15(11-13)24-3/h6-7,10-12H,5,9H2,1-4H3/b7-6+/t12-/m1/s1. The first-order valence-corrected chi connectivity index (χ1v) is 8.14. The van der Waals surface area contributed by atoms with Crippen LogP contribution in [0.15, 0.2) is 18.2 Å². The summed E-state index contributed by atoms with van der Waals surface area (Å²) < 4.78 is 15.4. The fourth-order valence-electron chi connectivity index (χ4n) is 2.10. The third kappa shape index (κ3) is 5.97. The lowest BCUT2D eigenvalue weighted by atomic mass is 10.2. The molecular formula is C18H21ClN2O5. The van der Waals surface area contributed by atoms with Gasteiger partial charge < -0.3 is 19.1 Å². The number of likely N-dealkylation sites (N-methyl/N-ethyl adjacent to an activating group) is 1. The van der Waals surface area contributed by atoms with Crippen molar-refractivity contribution >= 4 is 29.6 Å². The van der Waals surface area contributed by atoms with Crippen molar-refractivity contribution in [1.82, 2.24) is 4.90 Å². The van der Waals surface area contributed by atoms with Crippen molar-refractivity contribution in [3.05, 3.63) is 28.8 Å². The summed E-state index contributed by atoms with van der Waals surface area (Å²) in [7, 11) is 4.50. The van der Waals surface area contributed by atoms with Crippen molar-refractivity contribution in [2.24, 2.45) is 0 Å². The molecule has 0 aliphatic heterocycles. The highest BCUT2D eigenvalue weighted by Crippen LogP contribution is 2.36. The zero-order chi connectivity index (χ0) is 19.7. The van der Waals surface area contributed by atoms with Crippen LogP contribution in [0.5, 0.6) is 11.5 Å². The van der Waals surface area contributed by atoms with E-state index in [9.17, 15) is 9.59 Å². The molecule has 0 saturated carbocycles. The lowest BCUT2D eigenvalue weighted by molar-refractivity contribution is -0.154. The predicted octanol–water partition coefficient (Wildman–Crippen LogP) is 2.67. The number of amides is 1. The van der Waals surface area contributed by atoms with E-state index in [-0.39, 0.29) is 18.9 Å². The third-order valence-corrected chi connectivity index (χ3v) is 3.72. The Bertz CT molecular complexity index is 727. The van der Waals surface area contributed by atoms with Crippen LogP contribution in [0.3, 0.4) is 0 Å². The first-order valence-electron chi connectivity index (χ1n) is 7.76. The Morgan fingerprint density at radius 1 is 1.35 bits per heavy atom. The van der Waals surface area contributed by atoms with Gasteiger partial charge in [-0.2, -0.15) is 5.26 Å². The second-order valence-electron chi connectivity index (χ2n) is 5.32. The normalized spacial score (nSPS) is 11.5. The summed E-state index contributed by atoms with van der Waals surface area (Å²) in [6.07, 6.45) is 1.94. The molecule has 140 valence electrons. The summed E-state index contributed by atoms with van der Waals surface area (Å²) in [6.45, 7) is 1.75. The van der Waals surface area contributed by atoms with E-state index in [0.29, 0.717) is 22.1 Å². The quantitative estimate of drug-likeness (QED) is 0.509. The van der Waals surface area contributed by atoms with Crippen LogP contribution in [0.4, 0.5) is 0 Å². The van der Waals surface area contributed by atoms with Gasteiger partial charge in [0.1, 0.15) is 0 Å². The van der Waals surface area contributed by atoms with Crippen LogP contribution >= 0.6 is 11.6 Å². The topological polar surface area (TPSA) is 88.9 Å². The molecular weight excluding hydrogens is 360 g/mol. The molecule has 0 bridgehead atoms. The van der Waals surface area contributed by atoms with Crippen LogP contribution in [0.2, 0.25) is 5.02 Å². The maximum atomic E-state index is 12.0. The summed E-state index contributed by atoms with van der Waals surface area (Å²) in [4.78, 5) is 25.3. The Morgan fingerprint density at radius 2 is 2.04 bits per heavy atom. The van der Waals surface area contributed by atoms with Crippen LogP contribution < -0.4 is 9.47 Å². The van der Waals surface area contributed by atoms with Crippen LogP contribution in [0.25, 0.3) is 6.08 Å². The molecule has 1 aromatic rings. The minimum atomic E-state index is -0.954. The SMILES string of the molecule is COc1cc(/C=C/C(=O)O[C@H](C)C(=O)N(C)CCC#N)cc(Cl)c1OC. The average molecular weight is 381 g/mol. The summed E-state index contributed by atoms with van der Waals surface area (Å²) in [5.41, 5.74) is 0.606. The van der Waals surface area contributed by atoms with E-state index >= 15 is 0 Å². The Balaban J connectivity index is 2.74. The van der Waals surface area contributed by atoms with Gasteiger partial charge in [-0.25, -0.2) is 4.79 Å². The lowest BCUT2D eigenvalue weighted by Gasteiger charge is -2.19. The number of ether oxygens (including phenoxy) is 3. The summed E-state index contributed by atoms with van der Waals surface area (Å²) in [5.74, 6) is -0.231. The number of hydrogen-bond donors (Lipinski definition) is 0. The highest BCUT2D eigenvalue weighted by atomic mass is 35.5. The monoisotopic (exact) mass is 380 g/mol. The fourth-order valence-corrected chi connectivity index (χ4v) is 2.40. The molecule has 7 nitrogen and oxygen atoms in total. The number of methoxy groups -OCH3 is 2. The maximum absolute atomic E-state index is 12.0. The third-order valence-electron chi connectivity index (χ3n) is 3.44. The number of carbonyl (C=O) groups is 2. The van der Waals surface area contributed by atoms with E-state index in [1.165, 1.54) is 38.2 Å². The van der Waals surface area contributed by atoms with E-state index < -0.39 is 12.1 Å². The van der Waals surface area contributed by atoms with Gasteiger partial charge in [0.05, 0.1) is 31.7 Å². The lowest BCUT2D eigenvalue weighted by Crippen LogP contribution is -2.37. The molecule has 26 heavy (non-hydrogen) atoms. The highest BCUT2D eigenvalue weighted by Gasteiger charge is 2.20. The zero-order valence-electron chi connectivity index (χ0n) is 15.1. The molecule has 1 aromatic carbocycles. The number of hydrogen-bond acceptors (Lipinski definition) is 6. The fraction of sp³-hybridized carbons (Fsp3) is 0.389. The zero-order valence-corrected chi connectivity index (χ0v) is 15.9. The van der Waals surface area contributed by atoms with Crippen molar-refractivity contribution in [2.45, 2.75) is 19.4 Å². The molecule has 1 amide bonds. The molecule has 0 fully saturated rings. The van der Waals surface area contributed by atoms with Gasteiger partial charge in [-0.05, 0) is 30.7 Å². The minimum Gasteiger partial charge on any atom is -0.493 e. The van der Waals surface area contributed by atoms with Crippen LogP contribution in [-0.4, -0.2) is 50.7 Å². The molecule has 0 saturated heterocycles. The molecule has 0 aromatic heterocycles. The van der Waals surface area contributed by atoms with Gasteiger partial charge in [-0.3, -0.25) is 4.79 Å². The second-order valence-corrected chi connectivity index (χ2v) is 5.73. The van der Waals surface area contributed by atoms with Gasteiger partial charge >= 0.3 is 5.97 Å². The number of rotatable bonds is 8. The largest absolute Gasteiger partial charge is 0.493 e. The van der Waals surface area contributed by atoms with Gasteiger partial charge in [0.15, 0.2) is 17.6 Å². The van der Waals surface area contributed by atoms with E-state index in [4.69, 9.17) is 31.1 Å². The van der Waals surface area contributed by atoms with Crippen molar-refractivity contribution < 1.29 is 23.8 Å². The van der Waals surface area contributed by atoms with E-state index in [0.717, 1.165) is 0 Å². The highest BCUT2D eigenvalue weighted by molar-refractivity contribution is 6.32. The molecule has 0 aliphatic rings. The van der Waals surface area contributed by atoms with E-state index in [1.807, 2.05) is 6.07 Å². The van der Waals surface area contributed by atoms with Gasteiger partial charge in [-0.1, -0.05) is 11.6 Å². The van der Waals surface area contributed by atoms with Gasteiger partial charge in [0.2, 0.25) is 0 Å². The number of halogens is 1. The number of esters is 1. The Hall–Kier alpha value is -2.72. The first-order chi connectivity index (χ1) is 12.3. The molecule has 1 atom stereocenters. The Morgan fingerprint density at radius 3 is 2.62 bits per heavy atom. The average Bonchev–Trinajstić information content (AvgIpc) is 2.62. The van der Waals surface area contributed by atoms with Crippen LogP contribution in [0.1, 0.15) is 18.9 Å². The molecule has 0 spiro atoms. The van der Waals surface area contributed by atoms with Crippen molar-refractivity contribution in [2.75, 3.05) is 27.8 Å². The van der Waals surface area contributed by atoms with Crippen LogP contribution in [-0.2, 0) is 14.3 Å². The number of nitrogens with zero attached hydrogens (tertiary/aromatic N) is 2. The summed E-state index contributed by atoms with van der Waals surface area (Å²) in [5, 5.41) is 8.88. The second kappa shape index (κ2) is 10.3. The minimum absolute atomic E-state index is 0.211. The molecule has 0 unspecified atom stereocenters.